The van der Waals surface area contributed by atoms with Gasteiger partial charge in [0.1, 0.15) is 0 Å². The fraction of sp³-hybridized carbons (Fsp3) is 0.500. The molecule has 14 heavy (non-hydrogen) atoms. The van der Waals surface area contributed by atoms with Gasteiger partial charge in [0.05, 0.1) is 6.54 Å². The molecule has 1 aromatic heterocycles. The average molecular weight is 210 g/mol. The standard InChI is InChI=1S/C10H14N2OS/c1-7-4-5-14-9(7)6-11-10(13)12-8-2-3-8/h4-5,8H,2-3,6H2,1H3,(H2,11,12,13). The van der Waals surface area contributed by atoms with Gasteiger partial charge in [-0.1, -0.05) is 0 Å². The Morgan fingerprint density at radius 2 is 2.43 bits per heavy atom. The third kappa shape index (κ3) is 2.48. The van der Waals surface area contributed by atoms with Crippen LogP contribution in [0.4, 0.5) is 4.79 Å². The second kappa shape index (κ2) is 4.00. The SMILES string of the molecule is Cc1ccsc1CNC(=O)NC1CC1. The quantitative estimate of drug-likeness (QED) is 0.787. The van der Waals surface area contributed by atoms with E-state index < -0.39 is 0 Å². The van der Waals surface area contributed by atoms with Crippen LogP contribution in [0.25, 0.3) is 0 Å². The molecule has 0 aromatic carbocycles. The Morgan fingerprint density at radius 3 is 3.00 bits per heavy atom. The van der Waals surface area contributed by atoms with Crippen LogP contribution < -0.4 is 10.6 Å². The first kappa shape index (κ1) is 9.52. The lowest BCUT2D eigenvalue weighted by molar-refractivity contribution is 0.240. The van der Waals surface area contributed by atoms with Crippen molar-refractivity contribution in [2.75, 3.05) is 0 Å². The van der Waals surface area contributed by atoms with Crippen molar-refractivity contribution in [1.82, 2.24) is 10.6 Å². The molecule has 4 heteroatoms. The number of nitrogens with one attached hydrogen (secondary N) is 2. The van der Waals surface area contributed by atoms with Crippen molar-refractivity contribution < 1.29 is 4.79 Å². The van der Waals surface area contributed by atoms with Gasteiger partial charge < -0.3 is 10.6 Å². The van der Waals surface area contributed by atoms with Crippen LogP contribution in [0, 0.1) is 6.92 Å². The molecule has 0 radical (unpaired) electrons. The highest BCUT2D eigenvalue weighted by Gasteiger charge is 2.22. The molecule has 2 N–H and O–H groups in total. The Balaban J connectivity index is 1.76. The summed E-state index contributed by atoms with van der Waals surface area (Å²) in [7, 11) is 0. The fourth-order valence-electron chi connectivity index (χ4n) is 1.21. The zero-order chi connectivity index (χ0) is 9.97. The number of carbonyl (C=O) groups excluding carboxylic acids is 1. The summed E-state index contributed by atoms with van der Waals surface area (Å²) >= 11 is 1.68. The van der Waals surface area contributed by atoms with Crippen LogP contribution in [0.15, 0.2) is 11.4 Å². The van der Waals surface area contributed by atoms with E-state index in [2.05, 4.69) is 23.6 Å². The lowest BCUT2D eigenvalue weighted by Crippen LogP contribution is -2.36. The largest absolute Gasteiger partial charge is 0.335 e. The van der Waals surface area contributed by atoms with Crippen LogP contribution in [-0.4, -0.2) is 12.1 Å². The lowest BCUT2D eigenvalue weighted by Gasteiger charge is -2.05. The first-order valence-corrected chi connectivity index (χ1v) is 5.71. The molecule has 0 bridgehead atoms. The van der Waals surface area contributed by atoms with E-state index >= 15 is 0 Å². The van der Waals surface area contributed by atoms with Gasteiger partial charge in [-0.2, -0.15) is 0 Å². The van der Waals surface area contributed by atoms with E-state index in [-0.39, 0.29) is 6.03 Å². The van der Waals surface area contributed by atoms with Gasteiger partial charge in [0, 0.05) is 10.9 Å². The molecule has 1 aliphatic rings. The van der Waals surface area contributed by atoms with Crippen LogP contribution in [0.2, 0.25) is 0 Å². The molecule has 0 atom stereocenters. The smallest absolute Gasteiger partial charge is 0.315 e. The molecule has 0 aliphatic heterocycles. The third-order valence-corrected chi connectivity index (χ3v) is 3.31. The summed E-state index contributed by atoms with van der Waals surface area (Å²) in [5, 5.41) is 7.79. The molecule has 0 unspecified atom stereocenters. The normalized spacial score (nSPS) is 15.2. The van der Waals surface area contributed by atoms with Crippen LogP contribution in [0.5, 0.6) is 0 Å². The van der Waals surface area contributed by atoms with Gasteiger partial charge in [-0.15, -0.1) is 11.3 Å². The predicted molar refractivity (Wildman–Crippen MR) is 57.4 cm³/mol. The summed E-state index contributed by atoms with van der Waals surface area (Å²) in [6, 6.07) is 2.46. The van der Waals surface area contributed by atoms with Crippen LogP contribution in [-0.2, 0) is 6.54 Å². The highest BCUT2D eigenvalue weighted by molar-refractivity contribution is 7.10. The molecular formula is C10H14N2OS. The number of amides is 2. The van der Waals surface area contributed by atoms with Crippen molar-refractivity contribution in [1.29, 1.82) is 0 Å². The van der Waals surface area contributed by atoms with E-state index in [4.69, 9.17) is 0 Å². The highest BCUT2D eigenvalue weighted by Crippen LogP contribution is 2.18. The van der Waals surface area contributed by atoms with Crippen LogP contribution >= 0.6 is 11.3 Å². The minimum atomic E-state index is -0.0414. The molecule has 1 fully saturated rings. The van der Waals surface area contributed by atoms with Gasteiger partial charge in [-0.3, -0.25) is 0 Å². The molecule has 2 rings (SSSR count). The summed E-state index contributed by atoms with van der Waals surface area (Å²) in [5.41, 5.74) is 1.25. The minimum absolute atomic E-state index is 0.0414. The van der Waals surface area contributed by atoms with Crippen molar-refractivity contribution in [2.24, 2.45) is 0 Å². The monoisotopic (exact) mass is 210 g/mol. The van der Waals surface area contributed by atoms with Crippen LogP contribution in [0.1, 0.15) is 23.3 Å². The van der Waals surface area contributed by atoms with Crippen molar-refractivity contribution in [3.05, 3.63) is 21.9 Å². The van der Waals surface area contributed by atoms with Gasteiger partial charge in [-0.05, 0) is 36.8 Å². The molecule has 2 amide bonds. The third-order valence-electron chi connectivity index (χ3n) is 2.29. The van der Waals surface area contributed by atoms with Crippen LogP contribution in [0.3, 0.4) is 0 Å². The van der Waals surface area contributed by atoms with E-state index in [0.717, 1.165) is 12.8 Å². The zero-order valence-corrected chi connectivity index (χ0v) is 8.99. The number of rotatable bonds is 3. The van der Waals surface area contributed by atoms with Crippen molar-refractivity contribution in [2.45, 2.75) is 32.4 Å². The molecule has 1 aromatic rings. The predicted octanol–water partition coefficient (Wildman–Crippen LogP) is 2.02. The van der Waals surface area contributed by atoms with E-state index in [1.54, 1.807) is 11.3 Å². The van der Waals surface area contributed by atoms with Crippen molar-refractivity contribution >= 4 is 17.4 Å². The van der Waals surface area contributed by atoms with Gasteiger partial charge in [-0.25, -0.2) is 4.79 Å². The molecule has 0 spiro atoms. The summed E-state index contributed by atoms with van der Waals surface area (Å²) in [6.07, 6.45) is 2.26. The molecular weight excluding hydrogens is 196 g/mol. The Hall–Kier alpha value is -1.03. The maximum absolute atomic E-state index is 11.3. The maximum atomic E-state index is 11.3. The number of urea groups is 1. The number of carbonyl (C=O) groups is 1. The molecule has 3 nitrogen and oxygen atoms in total. The average Bonchev–Trinajstić information content (AvgIpc) is 2.86. The Labute approximate surface area is 87.5 Å². The van der Waals surface area contributed by atoms with E-state index in [1.807, 2.05) is 5.38 Å². The Morgan fingerprint density at radius 1 is 1.64 bits per heavy atom. The molecule has 0 saturated heterocycles. The summed E-state index contributed by atoms with van der Waals surface area (Å²) in [6.45, 7) is 2.70. The number of aryl methyl sites for hydroxylation is 1. The molecule has 1 saturated carbocycles. The van der Waals surface area contributed by atoms with E-state index in [9.17, 15) is 4.79 Å². The second-order valence-electron chi connectivity index (χ2n) is 3.63. The fourth-order valence-corrected chi connectivity index (χ4v) is 2.06. The maximum Gasteiger partial charge on any atom is 0.315 e. The topological polar surface area (TPSA) is 41.1 Å². The van der Waals surface area contributed by atoms with Crippen molar-refractivity contribution in [3.8, 4) is 0 Å². The Bertz CT molecular complexity index is 331. The molecule has 1 heterocycles. The van der Waals surface area contributed by atoms with Gasteiger partial charge in [0.2, 0.25) is 0 Å². The first-order valence-electron chi connectivity index (χ1n) is 4.83. The molecule has 76 valence electrons. The second-order valence-corrected chi connectivity index (χ2v) is 4.63. The number of hydrogen-bond acceptors (Lipinski definition) is 2. The van der Waals surface area contributed by atoms with Gasteiger partial charge >= 0.3 is 6.03 Å². The highest BCUT2D eigenvalue weighted by atomic mass is 32.1. The molecule has 1 aliphatic carbocycles. The van der Waals surface area contributed by atoms with E-state index in [1.165, 1.54) is 10.4 Å². The zero-order valence-electron chi connectivity index (χ0n) is 8.17. The summed E-state index contributed by atoms with van der Waals surface area (Å²) in [5.74, 6) is 0. The van der Waals surface area contributed by atoms with Crippen molar-refractivity contribution in [3.63, 3.8) is 0 Å². The van der Waals surface area contributed by atoms with Gasteiger partial charge in [0.25, 0.3) is 0 Å². The number of thiophene rings is 1. The summed E-state index contributed by atoms with van der Waals surface area (Å²) in [4.78, 5) is 12.5. The van der Waals surface area contributed by atoms with E-state index in [0.29, 0.717) is 12.6 Å². The first-order chi connectivity index (χ1) is 6.75. The lowest BCUT2D eigenvalue weighted by atomic mass is 10.3. The van der Waals surface area contributed by atoms with Gasteiger partial charge in [0.15, 0.2) is 0 Å². The minimum Gasteiger partial charge on any atom is -0.335 e. The summed E-state index contributed by atoms with van der Waals surface area (Å²) < 4.78 is 0. The Kier molecular flexibility index (Phi) is 2.72. The number of hydrogen-bond donors (Lipinski definition) is 2.